The molecule has 0 radical (unpaired) electrons. The Morgan fingerprint density at radius 1 is 1.31 bits per heavy atom. The molecular formula is C19H30N4O7SSi. The molecule has 3 heterocycles. The van der Waals surface area contributed by atoms with Gasteiger partial charge in [0, 0.05) is 30.6 Å². The van der Waals surface area contributed by atoms with Gasteiger partial charge in [-0.1, -0.05) is 20.8 Å². The van der Waals surface area contributed by atoms with Crippen LogP contribution < -0.4 is 11.2 Å². The number of ether oxygens (including phenoxy) is 1. The van der Waals surface area contributed by atoms with Gasteiger partial charge in [0.05, 0.1) is 6.61 Å². The van der Waals surface area contributed by atoms with Crippen LogP contribution in [0.15, 0.2) is 34.5 Å². The van der Waals surface area contributed by atoms with Crippen molar-refractivity contribution in [3.05, 3.63) is 51.3 Å². The van der Waals surface area contributed by atoms with Crippen LogP contribution in [0.5, 0.6) is 0 Å². The Morgan fingerprint density at radius 3 is 2.59 bits per heavy atom. The summed E-state index contributed by atoms with van der Waals surface area (Å²) in [6, 6.07) is 0. The third-order valence-electron chi connectivity index (χ3n) is 6.03. The van der Waals surface area contributed by atoms with Crippen LogP contribution in [0.4, 0.5) is 0 Å². The molecule has 3 atom stereocenters. The number of imidazole rings is 1. The van der Waals surface area contributed by atoms with E-state index in [2.05, 4.69) is 43.8 Å². The molecule has 32 heavy (non-hydrogen) atoms. The third-order valence-corrected chi connectivity index (χ3v) is 11.8. The van der Waals surface area contributed by atoms with Crippen molar-refractivity contribution in [1.82, 2.24) is 18.5 Å². The Kier molecular flexibility index (Phi) is 6.69. The van der Waals surface area contributed by atoms with Crippen molar-refractivity contribution in [2.45, 2.75) is 70.7 Å². The van der Waals surface area contributed by atoms with Gasteiger partial charge in [0.25, 0.3) is 5.56 Å². The molecule has 0 bridgehead atoms. The molecule has 0 aromatic carbocycles. The van der Waals surface area contributed by atoms with Crippen molar-refractivity contribution in [3.63, 3.8) is 0 Å². The summed E-state index contributed by atoms with van der Waals surface area (Å²) < 4.78 is 45.2. The van der Waals surface area contributed by atoms with Crippen molar-refractivity contribution in [2.24, 2.45) is 0 Å². The van der Waals surface area contributed by atoms with Crippen LogP contribution in [-0.4, -0.2) is 54.1 Å². The van der Waals surface area contributed by atoms with Gasteiger partial charge in [-0.25, -0.2) is 17.9 Å². The summed E-state index contributed by atoms with van der Waals surface area (Å²) >= 11 is 0. The van der Waals surface area contributed by atoms with E-state index in [4.69, 9.17) is 13.3 Å². The molecule has 11 nitrogen and oxygen atoms in total. The lowest BCUT2D eigenvalue weighted by molar-refractivity contribution is -0.0390. The maximum absolute atomic E-state index is 12.7. The summed E-state index contributed by atoms with van der Waals surface area (Å²) in [5.74, 6) is 0. The average molecular weight is 487 g/mol. The van der Waals surface area contributed by atoms with Gasteiger partial charge in [-0.05, 0) is 25.1 Å². The molecule has 1 fully saturated rings. The third kappa shape index (κ3) is 5.12. The number of H-pyrrole nitrogens is 1. The number of aryl methyl sites for hydroxylation is 1. The molecule has 2 aromatic rings. The van der Waals surface area contributed by atoms with Gasteiger partial charge in [0.15, 0.2) is 8.32 Å². The van der Waals surface area contributed by atoms with E-state index in [1.54, 1.807) is 6.92 Å². The summed E-state index contributed by atoms with van der Waals surface area (Å²) in [7, 11) is -6.32. The van der Waals surface area contributed by atoms with Gasteiger partial charge in [0.1, 0.15) is 24.8 Å². The van der Waals surface area contributed by atoms with Crippen molar-refractivity contribution >= 4 is 18.6 Å². The minimum absolute atomic E-state index is 0.0583. The summed E-state index contributed by atoms with van der Waals surface area (Å²) in [5.41, 5.74) is -0.803. The zero-order valence-corrected chi connectivity index (χ0v) is 20.9. The maximum Gasteiger partial charge on any atom is 0.367 e. The van der Waals surface area contributed by atoms with Crippen LogP contribution in [0.3, 0.4) is 0 Å². The van der Waals surface area contributed by atoms with E-state index in [0.29, 0.717) is 5.56 Å². The highest BCUT2D eigenvalue weighted by molar-refractivity contribution is 7.85. The Hall–Kier alpha value is -2.06. The molecule has 1 saturated heterocycles. The van der Waals surface area contributed by atoms with E-state index in [1.807, 2.05) is 0 Å². The van der Waals surface area contributed by atoms with Crippen LogP contribution >= 0.6 is 0 Å². The van der Waals surface area contributed by atoms with Crippen molar-refractivity contribution in [3.8, 4) is 0 Å². The molecule has 0 saturated carbocycles. The Morgan fingerprint density at radius 2 is 2.00 bits per heavy atom. The van der Waals surface area contributed by atoms with Crippen LogP contribution in [0.1, 0.15) is 39.0 Å². The molecule has 1 aliphatic rings. The fourth-order valence-electron chi connectivity index (χ4n) is 3.01. The first-order chi connectivity index (χ1) is 14.7. The fraction of sp³-hybridized carbons (Fsp3) is 0.632. The lowest BCUT2D eigenvalue weighted by Gasteiger charge is -2.37. The van der Waals surface area contributed by atoms with Crippen molar-refractivity contribution in [2.75, 3.05) is 6.61 Å². The van der Waals surface area contributed by atoms with Crippen LogP contribution in [-0.2, 0) is 23.7 Å². The molecule has 0 aliphatic carbocycles. The molecule has 13 heteroatoms. The largest absolute Gasteiger partial charge is 0.414 e. The molecular weight excluding hydrogens is 456 g/mol. The first kappa shape index (κ1) is 24.6. The SMILES string of the molecule is Cc1cn([C@H]2C[C@H](OS(=O)(=O)n3ccnc3)[C@@H](CO[Si](C)(C)C(C)(C)C)O2)c(=O)[nH]c1=O. The highest BCUT2D eigenvalue weighted by atomic mass is 32.2. The van der Waals surface area contributed by atoms with Crippen molar-refractivity contribution in [1.29, 1.82) is 0 Å². The molecule has 3 rings (SSSR count). The Balaban J connectivity index is 1.88. The van der Waals surface area contributed by atoms with Gasteiger partial charge in [0.2, 0.25) is 0 Å². The predicted octanol–water partition coefficient (Wildman–Crippen LogP) is 1.53. The first-order valence-electron chi connectivity index (χ1n) is 10.2. The second kappa shape index (κ2) is 8.70. The topological polar surface area (TPSA) is 135 Å². The van der Waals surface area contributed by atoms with E-state index in [9.17, 15) is 18.0 Å². The lowest BCUT2D eigenvalue weighted by Crippen LogP contribution is -2.44. The molecule has 0 amide bonds. The van der Waals surface area contributed by atoms with Crippen LogP contribution in [0, 0.1) is 6.92 Å². The van der Waals surface area contributed by atoms with Gasteiger partial charge in [-0.15, -0.1) is 0 Å². The summed E-state index contributed by atoms with van der Waals surface area (Å²) in [5, 5.41) is -0.0583. The molecule has 178 valence electrons. The number of hydrogen-bond donors (Lipinski definition) is 1. The second-order valence-corrected chi connectivity index (χ2v) is 15.7. The quantitative estimate of drug-likeness (QED) is 0.582. The monoisotopic (exact) mass is 486 g/mol. The van der Waals surface area contributed by atoms with Gasteiger partial charge in [-0.2, -0.15) is 8.42 Å². The normalized spacial score (nSPS) is 22.4. The fourth-order valence-corrected chi connectivity index (χ4v) is 5.02. The lowest BCUT2D eigenvalue weighted by atomic mass is 10.2. The minimum Gasteiger partial charge on any atom is -0.414 e. The van der Waals surface area contributed by atoms with Crippen LogP contribution in [0.25, 0.3) is 0 Å². The van der Waals surface area contributed by atoms with E-state index in [1.165, 1.54) is 23.2 Å². The van der Waals surface area contributed by atoms with Gasteiger partial charge in [-0.3, -0.25) is 14.3 Å². The van der Waals surface area contributed by atoms with Gasteiger partial charge >= 0.3 is 16.0 Å². The summed E-state index contributed by atoms with van der Waals surface area (Å²) in [6.45, 7) is 12.1. The zero-order valence-electron chi connectivity index (χ0n) is 19.1. The molecule has 0 spiro atoms. The van der Waals surface area contributed by atoms with Crippen molar-refractivity contribution < 1.29 is 21.8 Å². The number of hydrogen-bond acceptors (Lipinski definition) is 8. The maximum atomic E-state index is 12.7. The first-order valence-corrected chi connectivity index (χ1v) is 14.5. The number of aromatic nitrogens is 4. The molecule has 1 N–H and O–H groups in total. The number of nitrogens with zero attached hydrogens (tertiary/aromatic N) is 3. The Labute approximate surface area is 187 Å². The van der Waals surface area contributed by atoms with Gasteiger partial charge < -0.3 is 9.16 Å². The number of nitrogens with one attached hydrogen (secondary N) is 1. The highest BCUT2D eigenvalue weighted by Gasteiger charge is 2.44. The van der Waals surface area contributed by atoms with E-state index < -0.39 is 48.3 Å². The predicted molar refractivity (Wildman–Crippen MR) is 119 cm³/mol. The highest BCUT2D eigenvalue weighted by Crippen LogP contribution is 2.38. The second-order valence-electron chi connectivity index (χ2n) is 9.40. The summed E-state index contributed by atoms with van der Waals surface area (Å²) in [4.78, 5) is 30.0. The number of aromatic amines is 1. The average Bonchev–Trinajstić information content (AvgIpc) is 3.32. The molecule has 1 aliphatic heterocycles. The van der Waals surface area contributed by atoms with E-state index >= 15 is 0 Å². The minimum atomic E-state index is -4.16. The van der Waals surface area contributed by atoms with E-state index in [0.717, 1.165) is 10.3 Å². The smallest absolute Gasteiger partial charge is 0.367 e. The summed E-state index contributed by atoms with van der Waals surface area (Å²) in [6.07, 6.45) is 2.71. The molecule has 2 aromatic heterocycles. The molecule has 0 unspecified atom stereocenters. The van der Waals surface area contributed by atoms with E-state index in [-0.39, 0.29) is 18.1 Å². The zero-order chi connectivity index (χ0) is 23.9. The standard InChI is InChI=1S/C19H30N4O7SSi/c1-13-10-23(18(25)21-17(13)24)16-9-14(30-31(26,27)22-8-7-20-12-22)15(29-16)11-28-32(5,6)19(2,3)4/h7-8,10,12,14-16H,9,11H2,1-6H3,(H,21,24,25)/t14-,15+,16+/m0/s1. The van der Waals surface area contributed by atoms with Crippen LogP contribution in [0.2, 0.25) is 18.1 Å². The number of rotatable bonds is 7. The Bertz CT molecular complexity index is 1170.